The average Bonchev–Trinajstić information content (AvgIpc) is 2.68. The monoisotopic (exact) mass is 470 g/mol. The minimum atomic E-state index is -5.65. The Balaban J connectivity index is 3.56. The van der Waals surface area contributed by atoms with Gasteiger partial charge < -0.3 is 19.6 Å². The molecule has 0 saturated heterocycles. The summed E-state index contributed by atoms with van der Waals surface area (Å²) < 4.78 is 41.6. The van der Waals surface area contributed by atoms with Crippen LogP contribution in [0.3, 0.4) is 0 Å². The lowest BCUT2D eigenvalue weighted by Gasteiger charge is -2.20. The van der Waals surface area contributed by atoms with E-state index in [2.05, 4.69) is 19.1 Å². The van der Waals surface area contributed by atoms with E-state index >= 15 is 0 Å². The van der Waals surface area contributed by atoms with Gasteiger partial charge in [-0.05, 0) is 32.1 Å². The molecule has 0 amide bonds. The number of halogens is 2. The number of hydrogen-bond acceptors (Lipinski definition) is 4. The summed E-state index contributed by atoms with van der Waals surface area (Å²) in [6.45, 7) is 1.51. The van der Waals surface area contributed by atoms with E-state index in [1.54, 1.807) is 0 Å². The number of aliphatic hydroxyl groups excluding tert-OH is 1. The van der Waals surface area contributed by atoms with E-state index in [0.717, 1.165) is 38.5 Å². The van der Waals surface area contributed by atoms with Crippen molar-refractivity contribution in [2.45, 2.75) is 115 Å². The summed E-state index contributed by atoms with van der Waals surface area (Å²) in [5.74, 6) is -0.615. The maximum Gasteiger partial charge on any atom is 0.394 e. The molecule has 1 atom stereocenters. The van der Waals surface area contributed by atoms with Gasteiger partial charge in [0.15, 0.2) is 0 Å². The van der Waals surface area contributed by atoms with Crippen LogP contribution in [0.2, 0.25) is 0 Å². The standard InChI is InChI=1S/C22H41F2O6P/c1-2-3-4-5-6-7-8-9-10-11-12-13-14-15-16-17-21(26)30-19-20(25)18-22(23,24)31(27,28)29/h9-10,20,25H,2-8,11-19H2,1H3,(H2,27,28,29)/b10-9+/t20-/m0/s1. The molecule has 0 aliphatic rings. The van der Waals surface area contributed by atoms with Crippen LogP contribution >= 0.6 is 7.60 Å². The molecule has 0 aromatic heterocycles. The van der Waals surface area contributed by atoms with E-state index in [1.807, 2.05) is 0 Å². The van der Waals surface area contributed by atoms with E-state index in [0.29, 0.717) is 6.42 Å². The summed E-state index contributed by atoms with van der Waals surface area (Å²) in [6, 6.07) is 0. The van der Waals surface area contributed by atoms with Gasteiger partial charge >= 0.3 is 19.2 Å². The van der Waals surface area contributed by atoms with Crippen LogP contribution in [0.15, 0.2) is 12.2 Å². The second kappa shape index (κ2) is 17.7. The van der Waals surface area contributed by atoms with E-state index in [1.165, 1.54) is 38.5 Å². The number of carbonyl (C=O) groups is 1. The van der Waals surface area contributed by atoms with Gasteiger partial charge in [0.05, 0.1) is 12.5 Å². The number of alkyl halides is 2. The first-order valence-electron chi connectivity index (χ1n) is 11.5. The highest BCUT2D eigenvalue weighted by Crippen LogP contribution is 2.55. The van der Waals surface area contributed by atoms with Crippen LogP contribution in [0.4, 0.5) is 8.78 Å². The van der Waals surface area contributed by atoms with Crippen molar-refractivity contribution in [2.24, 2.45) is 0 Å². The van der Waals surface area contributed by atoms with Crippen LogP contribution < -0.4 is 0 Å². The molecule has 0 aliphatic heterocycles. The summed E-state index contributed by atoms with van der Waals surface area (Å²) in [5.41, 5.74) is -4.34. The maximum absolute atomic E-state index is 13.1. The molecule has 184 valence electrons. The molecule has 0 unspecified atom stereocenters. The topological polar surface area (TPSA) is 104 Å². The molecule has 0 saturated carbocycles. The Morgan fingerprint density at radius 3 is 1.94 bits per heavy atom. The second-order valence-corrected chi connectivity index (χ2v) is 9.83. The van der Waals surface area contributed by atoms with E-state index in [4.69, 9.17) is 14.5 Å². The normalized spacial score (nSPS) is 13.6. The molecule has 0 aromatic rings. The number of ether oxygens (including phenoxy) is 1. The van der Waals surface area contributed by atoms with Crippen molar-refractivity contribution in [3.05, 3.63) is 12.2 Å². The Bertz CT molecular complexity index is 536. The minimum absolute atomic E-state index is 0.125. The van der Waals surface area contributed by atoms with Gasteiger partial charge in [0, 0.05) is 6.42 Å². The van der Waals surface area contributed by atoms with Crippen molar-refractivity contribution in [1.82, 2.24) is 0 Å². The van der Waals surface area contributed by atoms with Crippen molar-refractivity contribution >= 4 is 13.6 Å². The van der Waals surface area contributed by atoms with Gasteiger partial charge in [-0.15, -0.1) is 0 Å². The number of esters is 1. The predicted octanol–water partition coefficient (Wildman–Crippen LogP) is 6.09. The van der Waals surface area contributed by atoms with Gasteiger partial charge in [-0.1, -0.05) is 70.4 Å². The minimum Gasteiger partial charge on any atom is -0.463 e. The highest BCUT2D eigenvalue weighted by atomic mass is 31.2. The van der Waals surface area contributed by atoms with Crippen LogP contribution in [0, 0.1) is 0 Å². The molecule has 0 spiro atoms. The number of aliphatic hydroxyl groups is 1. The van der Waals surface area contributed by atoms with Crippen molar-refractivity contribution in [2.75, 3.05) is 6.61 Å². The molecular formula is C22H41F2O6P. The van der Waals surface area contributed by atoms with Crippen molar-refractivity contribution in [3.8, 4) is 0 Å². The molecule has 0 fully saturated rings. The third-order valence-corrected chi connectivity index (χ3v) is 6.02. The molecule has 3 N–H and O–H groups in total. The summed E-state index contributed by atoms with van der Waals surface area (Å²) in [4.78, 5) is 28.6. The van der Waals surface area contributed by atoms with Gasteiger partial charge in [-0.3, -0.25) is 9.36 Å². The molecule has 9 heteroatoms. The predicted molar refractivity (Wildman–Crippen MR) is 118 cm³/mol. The average molecular weight is 471 g/mol. The number of carbonyl (C=O) groups excluding carboxylic acids is 1. The Kier molecular flexibility index (Phi) is 17.2. The smallest absolute Gasteiger partial charge is 0.394 e. The summed E-state index contributed by atoms with van der Waals surface area (Å²) >= 11 is 0. The van der Waals surface area contributed by atoms with Crippen molar-refractivity contribution in [3.63, 3.8) is 0 Å². The number of rotatable bonds is 20. The fourth-order valence-electron chi connectivity index (χ4n) is 3.06. The first-order chi connectivity index (χ1) is 14.6. The summed E-state index contributed by atoms with van der Waals surface area (Å²) in [7, 11) is -5.65. The van der Waals surface area contributed by atoms with Gasteiger partial charge in [0.2, 0.25) is 0 Å². The zero-order valence-corrected chi connectivity index (χ0v) is 19.7. The van der Waals surface area contributed by atoms with Crippen molar-refractivity contribution in [1.29, 1.82) is 0 Å². The largest absolute Gasteiger partial charge is 0.463 e. The molecule has 0 radical (unpaired) electrons. The van der Waals surface area contributed by atoms with E-state index < -0.39 is 38.4 Å². The van der Waals surface area contributed by atoms with E-state index in [9.17, 15) is 23.2 Å². The zero-order chi connectivity index (χ0) is 23.6. The Hall–Kier alpha value is -0.820. The molecule has 6 nitrogen and oxygen atoms in total. The lowest BCUT2D eigenvalue weighted by Crippen LogP contribution is -2.28. The molecular weight excluding hydrogens is 429 g/mol. The third kappa shape index (κ3) is 17.4. The third-order valence-electron chi connectivity index (χ3n) is 4.99. The highest BCUT2D eigenvalue weighted by Gasteiger charge is 2.49. The van der Waals surface area contributed by atoms with Gasteiger partial charge in [-0.25, -0.2) is 0 Å². The molecule has 0 bridgehead atoms. The SMILES string of the molecule is CCCCCCCC/C=C/CCCCCCCC(=O)OC[C@@H](O)CC(F)(F)P(=O)(O)O. The molecule has 0 heterocycles. The maximum atomic E-state index is 13.1. The lowest BCUT2D eigenvalue weighted by atomic mass is 10.1. The first-order valence-corrected chi connectivity index (χ1v) is 13.1. The highest BCUT2D eigenvalue weighted by molar-refractivity contribution is 7.53. The van der Waals surface area contributed by atoms with Crippen LogP contribution in [-0.2, 0) is 14.1 Å². The number of unbranched alkanes of at least 4 members (excludes halogenated alkanes) is 11. The lowest BCUT2D eigenvalue weighted by molar-refractivity contribution is -0.148. The van der Waals surface area contributed by atoms with Gasteiger partial charge in [0.1, 0.15) is 6.61 Å². The number of allylic oxidation sites excluding steroid dienone is 2. The molecule has 0 aromatic carbocycles. The van der Waals surface area contributed by atoms with Crippen LogP contribution in [0.1, 0.15) is 103 Å². The Labute approximate surface area is 185 Å². The number of hydrogen-bond donors (Lipinski definition) is 3. The van der Waals surface area contributed by atoms with Gasteiger partial charge in [0.25, 0.3) is 0 Å². The quantitative estimate of drug-likeness (QED) is 0.0861. The van der Waals surface area contributed by atoms with Crippen molar-refractivity contribution < 1.29 is 37.8 Å². The zero-order valence-electron chi connectivity index (χ0n) is 18.8. The fraction of sp³-hybridized carbons (Fsp3) is 0.864. The molecule has 0 rings (SSSR count). The second-order valence-electron chi connectivity index (χ2n) is 8.09. The Morgan fingerprint density at radius 1 is 0.935 bits per heavy atom. The van der Waals surface area contributed by atoms with E-state index in [-0.39, 0.29) is 6.42 Å². The summed E-state index contributed by atoms with van der Waals surface area (Å²) in [6.07, 6.45) is 16.1. The first kappa shape index (κ1) is 30.2. The van der Waals surface area contributed by atoms with Crippen LogP contribution in [0.25, 0.3) is 0 Å². The van der Waals surface area contributed by atoms with Gasteiger partial charge in [-0.2, -0.15) is 8.78 Å². The summed E-state index contributed by atoms with van der Waals surface area (Å²) in [5, 5.41) is 9.39. The Morgan fingerprint density at radius 2 is 1.42 bits per heavy atom. The van der Waals surface area contributed by atoms with Crippen LogP contribution in [-0.4, -0.2) is 39.2 Å². The fourth-order valence-corrected chi connectivity index (χ4v) is 3.51. The molecule has 0 aliphatic carbocycles. The van der Waals surface area contributed by atoms with Crippen LogP contribution in [0.5, 0.6) is 0 Å². The molecule has 31 heavy (non-hydrogen) atoms.